The Balaban J connectivity index is 2.34. The zero-order valence-corrected chi connectivity index (χ0v) is 11.5. The number of benzene rings is 1. The van der Waals surface area contributed by atoms with E-state index in [-0.39, 0.29) is 0 Å². The summed E-state index contributed by atoms with van der Waals surface area (Å²) in [7, 11) is -0.845. The molecule has 0 aliphatic heterocycles. The highest BCUT2D eigenvalue weighted by Crippen LogP contribution is 2.23. The van der Waals surface area contributed by atoms with Crippen LogP contribution in [0.2, 0.25) is 0 Å². The van der Waals surface area contributed by atoms with Gasteiger partial charge < -0.3 is 5.73 Å². The van der Waals surface area contributed by atoms with Gasteiger partial charge in [0, 0.05) is 33.8 Å². The van der Waals surface area contributed by atoms with Gasteiger partial charge in [-0.1, -0.05) is 19.9 Å². The fourth-order valence-corrected chi connectivity index (χ4v) is 3.42. The first-order chi connectivity index (χ1) is 8.58. The van der Waals surface area contributed by atoms with Gasteiger partial charge in [0.2, 0.25) is 0 Å². The van der Waals surface area contributed by atoms with Crippen molar-refractivity contribution in [2.75, 3.05) is 11.5 Å². The number of hydrogen-bond acceptors (Lipinski definition) is 3. The molecule has 96 valence electrons. The average molecular weight is 262 g/mol. The second-order valence-electron chi connectivity index (χ2n) is 4.86. The van der Waals surface area contributed by atoms with Crippen LogP contribution in [-0.4, -0.2) is 14.9 Å². The predicted molar refractivity (Wildman–Crippen MR) is 77.7 cm³/mol. The molecule has 1 heterocycles. The molecule has 4 heteroatoms. The van der Waals surface area contributed by atoms with Crippen molar-refractivity contribution in [1.82, 2.24) is 4.98 Å². The van der Waals surface area contributed by atoms with E-state index in [1.54, 1.807) is 6.20 Å². The number of rotatable bonds is 4. The van der Waals surface area contributed by atoms with Gasteiger partial charge in [-0.05, 0) is 29.7 Å². The summed E-state index contributed by atoms with van der Waals surface area (Å²) in [6.45, 7) is 4.16. The number of nitrogens with two attached hydrogens (primary N) is 1. The maximum absolute atomic E-state index is 12.0. The van der Waals surface area contributed by atoms with Crippen molar-refractivity contribution in [3.8, 4) is 0 Å². The summed E-state index contributed by atoms with van der Waals surface area (Å²) < 4.78 is 12.0. The van der Waals surface area contributed by atoms with E-state index >= 15 is 0 Å². The third kappa shape index (κ3) is 2.88. The summed E-state index contributed by atoms with van der Waals surface area (Å²) in [6, 6.07) is 7.62. The molecule has 0 aliphatic rings. The van der Waals surface area contributed by atoms with Crippen LogP contribution in [-0.2, 0) is 16.6 Å². The van der Waals surface area contributed by atoms with Gasteiger partial charge in [-0.25, -0.2) is 0 Å². The van der Waals surface area contributed by atoms with Crippen molar-refractivity contribution in [2.45, 2.75) is 19.6 Å². The summed E-state index contributed by atoms with van der Waals surface area (Å²) in [4.78, 5) is 4.36. The van der Waals surface area contributed by atoms with E-state index in [4.69, 9.17) is 5.73 Å². The number of nitrogen functional groups attached to an aromatic ring is 1. The topological polar surface area (TPSA) is 56.0 Å². The molecule has 1 atom stereocenters. The predicted octanol–water partition coefficient (Wildman–Crippen LogP) is 2.72. The Labute approximate surface area is 110 Å². The van der Waals surface area contributed by atoms with E-state index in [9.17, 15) is 4.21 Å². The van der Waals surface area contributed by atoms with Crippen molar-refractivity contribution in [3.05, 3.63) is 36.0 Å². The van der Waals surface area contributed by atoms with Crippen molar-refractivity contribution in [1.29, 1.82) is 0 Å². The Bertz CT molecular complexity index is 581. The molecule has 0 amide bonds. The summed E-state index contributed by atoms with van der Waals surface area (Å²) in [5, 5.41) is 0.941. The summed E-state index contributed by atoms with van der Waals surface area (Å²) in [6.07, 6.45) is 1.75. The molecule has 1 aromatic heterocycles. The van der Waals surface area contributed by atoms with Crippen LogP contribution in [0.3, 0.4) is 0 Å². The molecule has 18 heavy (non-hydrogen) atoms. The standard InChI is InChI=1S/C14H18N2OS/c1-10(2)8-18(17)9-11-5-6-13(15)12-4-3-7-16-14(11)12/h3-7,10H,8-9,15H2,1-2H3. The van der Waals surface area contributed by atoms with Gasteiger partial charge in [0.15, 0.2) is 0 Å². The van der Waals surface area contributed by atoms with Crippen LogP contribution in [0, 0.1) is 5.92 Å². The molecule has 2 rings (SSSR count). The first-order valence-corrected chi connectivity index (χ1v) is 7.54. The van der Waals surface area contributed by atoms with Crippen LogP contribution in [0.5, 0.6) is 0 Å². The Hall–Kier alpha value is -1.42. The lowest BCUT2D eigenvalue weighted by molar-refractivity contribution is 0.664. The van der Waals surface area contributed by atoms with E-state index < -0.39 is 10.8 Å². The molecule has 1 unspecified atom stereocenters. The zero-order valence-electron chi connectivity index (χ0n) is 10.7. The van der Waals surface area contributed by atoms with Crippen molar-refractivity contribution in [3.63, 3.8) is 0 Å². The highest BCUT2D eigenvalue weighted by Gasteiger charge is 2.09. The minimum absolute atomic E-state index is 0.443. The third-order valence-electron chi connectivity index (χ3n) is 2.72. The third-order valence-corrected chi connectivity index (χ3v) is 4.39. The van der Waals surface area contributed by atoms with Crippen LogP contribution in [0.15, 0.2) is 30.5 Å². The quantitative estimate of drug-likeness (QED) is 0.862. The highest BCUT2D eigenvalue weighted by molar-refractivity contribution is 7.84. The largest absolute Gasteiger partial charge is 0.398 e. The maximum atomic E-state index is 12.0. The molecule has 0 saturated heterocycles. The number of hydrogen-bond donors (Lipinski definition) is 1. The van der Waals surface area contributed by atoms with Crippen LogP contribution < -0.4 is 5.73 Å². The first kappa shape index (κ1) is 13.0. The lowest BCUT2D eigenvalue weighted by atomic mass is 10.1. The molecule has 0 aliphatic carbocycles. The van der Waals surface area contributed by atoms with E-state index in [0.29, 0.717) is 11.7 Å². The number of nitrogens with zero attached hydrogens (tertiary/aromatic N) is 1. The second-order valence-corrected chi connectivity index (χ2v) is 6.36. The van der Waals surface area contributed by atoms with Gasteiger partial charge in [-0.3, -0.25) is 9.19 Å². The van der Waals surface area contributed by atoms with Gasteiger partial charge in [0.05, 0.1) is 11.3 Å². The lowest BCUT2D eigenvalue weighted by Gasteiger charge is -2.09. The summed E-state index contributed by atoms with van der Waals surface area (Å²) in [5.74, 6) is 1.71. The molecule has 0 radical (unpaired) electrons. The minimum atomic E-state index is -0.845. The normalized spacial score (nSPS) is 13.1. The van der Waals surface area contributed by atoms with Crippen LogP contribution in [0.25, 0.3) is 10.9 Å². The van der Waals surface area contributed by atoms with E-state index in [1.165, 1.54) is 0 Å². The molecule has 0 spiro atoms. The SMILES string of the molecule is CC(C)CS(=O)Cc1ccc(N)c2cccnc12. The van der Waals surface area contributed by atoms with E-state index in [2.05, 4.69) is 18.8 Å². The molecule has 2 aromatic rings. The summed E-state index contributed by atoms with van der Waals surface area (Å²) >= 11 is 0. The van der Waals surface area contributed by atoms with E-state index in [1.807, 2.05) is 24.3 Å². The molecular weight excluding hydrogens is 244 g/mol. The lowest BCUT2D eigenvalue weighted by Crippen LogP contribution is -2.07. The Kier molecular flexibility index (Phi) is 3.97. The highest BCUT2D eigenvalue weighted by atomic mass is 32.2. The Morgan fingerprint density at radius 3 is 2.83 bits per heavy atom. The fraction of sp³-hybridized carbons (Fsp3) is 0.357. The minimum Gasteiger partial charge on any atom is -0.398 e. The fourth-order valence-electron chi connectivity index (χ4n) is 1.97. The van der Waals surface area contributed by atoms with E-state index in [0.717, 1.165) is 27.9 Å². The molecule has 3 nitrogen and oxygen atoms in total. The number of aromatic nitrogens is 1. The molecule has 0 bridgehead atoms. The zero-order chi connectivity index (χ0) is 13.1. The monoisotopic (exact) mass is 262 g/mol. The number of fused-ring (bicyclic) bond motifs is 1. The van der Waals surface area contributed by atoms with Crippen molar-refractivity contribution < 1.29 is 4.21 Å². The van der Waals surface area contributed by atoms with Gasteiger partial charge in [-0.15, -0.1) is 0 Å². The molecule has 0 fully saturated rings. The second kappa shape index (κ2) is 5.48. The molecule has 2 N–H and O–H groups in total. The van der Waals surface area contributed by atoms with Crippen molar-refractivity contribution >= 4 is 27.4 Å². The average Bonchev–Trinajstić information content (AvgIpc) is 2.32. The molecule has 1 aromatic carbocycles. The smallest absolute Gasteiger partial charge is 0.0763 e. The van der Waals surface area contributed by atoms with Gasteiger partial charge in [-0.2, -0.15) is 0 Å². The number of pyridine rings is 1. The molecule has 0 saturated carbocycles. The van der Waals surface area contributed by atoms with Gasteiger partial charge in [0.25, 0.3) is 0 Å². The number of anilines is 1. The first-order valence-electron chi connectivity index (χ1n) is 6.05. The molecular formula is C14H18N2OS. The maximum Gasteiger partial charge on any atom is 0.0763 e. The van der Waals surface area contributed by atoms with Crippen LogP contribution in [0.4, 0.5) is 5.69 Å². The van der Waals surface area contributed by atoms with Crippen LogP contribution in [0.1, 0.15) is 19.4 Å². The van der Waals surface area contributed by atoms with Crippen LogP contribution >= 0.6 is 0 Å². The van der Waals surface area contributed by atoms with Gasteiger partial charge >= 0.3 is 0 Å². The Morgan fingerprint density at radius 1 is 1.33 bits per heavy atom. The Morgan fingerprint density at radius 2 is 2.11 bits per heavy atom. The summed E-state index contributed by atoms with van der Waals surface area (Å²) in [5.41, 5.74) is 8.52. The van der Waals surface area contributed by atoms with Crippen molar-refractivity contribution in [2.24, 2.45) is 5.92 Å². The van der Waals surface area contributed by atoms with Gasteiger partial charge in [0.1, 0.15) is 0 Å².